The molecule has 0 aliphatic heterocycles. The minimum Gasteiger partial charge on any atom is -0.372 e. The van der Waals surface area contributed by atoms with Gasteiger partial charge in [-0.2, -0.15) is 0 Å². The second-order valence-corrected chi connectivity index (χ2v) is 5.84. The first-order valence-electron chi connectivity index (χ1n) is 6.82. The van der Waals surface area contributed by atoms with Crippen LogP contribution in [0.3, 0.4) is 0 Å². The van der Waals surface area contributed by atoms with Gasteiger partial charge in [-0.05, 0) is 37.1 Å². The highest BCUT2D eigenvalue weighted by atomic mass is 79.9. The number of rotatable bonds is 7. The number of hydrogen-bond acceptors (Lipinski definition) is 2. The van der Waals surface area contributed by atoms with Crippen LogP contribution in [0.1, 0.15) is 33.3 Å². The van der Waals surface area contributed by atoms with Crippen LogP contribution < -0.4 is 10.2 Å². The van der Waals surface area contributed by atoms with Gasteiger partial charge < -0.3 is 10.2 Å². The van der Waals surface area contributed by atoms with Gasteiger partial charge in [0.05, 0.1) is 0 Å². The third-order valence-corrected chi connectivity index (χ3v) is 3.67. The molecule has 0 spiro atoms. The zero-order valence-corrected chi connectivity index (χ0v) is 13.5. The minimum atomic E-state index is 0.685. The molecule has 0 saturated heterocycles. The predicted octanol–water partition coefficient (Wildman–Crippen LogP) is 4.04. The summed E-state index contributed by atoms with van der Waals surface area (Å²) >= 11 is 3.67. The largest absolute Gasteiger partial charge is 0.372 e. The molecule has 0 unspecified atom stereocenters. The normalized spacial score (nSPS) is 11.0. The van der Waals surface area contributed by atoms with Crippen molar-refractivity contribution < 1.29 is 0 Å². The molecule has 0 aliphatic rings. The Morgan fingerprint density at radius 2 is 2.00 bits per heavy atom. The summed E-state index contributed by atoms with van der Waals surface area (Å²) in [4.78, 5) is 2.42. The molecule has 0 bridgehead atoms. The van der Waals surface area contributed by atoms with Crippen LogP contribution >= 0.6 is 15.9 Å². The molecule has 1 N–H and O–H groups in total. The van der Waals surface area contributed by atoms with Crippen molar-refractivity contribution in [2.75, 3.05) is 24.5 Å². The van der Waals surface area contributed by atoms with Crippen LogP contribution in [0.4, 0.5) is 5.69 Å². The zero-order chi connectivity index (χ0) is 13.5. The Balaban J connectivity index is 2.81. The van der Waals surface area contributed by atoms with Gasteiger partial charge in [0.2, 0.25) is 0 Å². The molecule has 0 heterocycles. The second-order valence-electron chi connectivity index (χ2n) is 4.99. The van der Waals surface area contributed by atoms with Gasteiger partial charge in [-0.25, -0.2) is 0 Å². The van der Waals surface area contributed by atoms with Crippen molar-refractivity contribution >= 4 is 21.6 Å². The number of nitrogens with zero attached hydrogens (tertiary/aromatic N) is 1. The quantitative estimate of drug-likeness (QED) is 0.817. The van der Waals surface area contributed by atoms with E-state index in [1.54, 1.807) is 0 Å². The molecule has 0 saturated carbocycles. The van der Waals surface area contributed by atoms with Crippen LogP contribution in [-0.4, -0.2) is 19.6 Å². The van der Waals surface area contributed by atoms with Crippen LogP contribution in [0.15, 0.2) is 22.7 Å². The Bertz CT molecular complexity index is 364. The summed E-state index contributed by atoms with van der Waals surface area (Å²) in [6, 6.07) is 6.67. The Hall–Kier alpha value is -0.540. The Morgan fingerprint density at radius 3 is 2.50 bits per heavy atom. The average molecular weight is 313 g/mol. The maximum atomic E-state index is 3.67. The lowest BCUT2D eigenvalue weighted by molar-refractivity contribution is 0.618. The summed E-state index contributed by atoms with van der Waals surface area (Å²) in [7, 11) is 0. The molecule has 3 heteroatoms. The minimum absolute atomic E-state index is 0.685. The Labute approximate surface area is 120 Å². The molecule has 2 nitrogen and oxygen atoms in total. The van der Waals surface area contributed by atoms with Crippen molar-refractivity contribution in [1.29, 1.82) is 0 Å². The van der Waals surface area contributed by atoms with Crippen molar-refractivity contribution in [3.8, 4) is 0 Å². The summed E-state index contributed by atoms with van der Waals surface area (Å²) < 4.78 is 1.20. The van der Waals surface area contributed by atoms with Crippen LogP contribution in [0.25, 0.3) is 0 Å². The third kappa shape index (κ3) is 4.62. The number of hydrogen-bond donors (Lipinski definition) is 1. The van der Waals surface area contributed by atoms with E-state index in [0.717, 1.165) is 26.2 Å². The summed E-state index contributed by atoms with van der Waals surface area (Å²) in [5.41, 5.74) is 2.62. The highest BCUT2D eigenvalue weighted by molar-refractivity contribution is 9.10. The molecular weight excluding hydrogens is 288 g/mol. The number of halogens is 1. The summed E-state index contributed by atoms with van der Waals surface area (Å²) in [5.74, 6) is 0.685. The molecule has 1 rings (SSSR count). The first-order valence-corrected chi connectivity index (χ1v) is 7.61. The number of benzene rings is 1. The van der Waals surface area contributed by atoms with Gasteiger partial charge >= 0.3 is 0 Å². The van der Waals surface area contributed by atoms with Crippen LogP contribution in [0.5, 0.6) is 0 Å². The highest BCUT2D eigenvalue weighted by Crippen LogP contribution is 2.24. The molecule has 0 aromatic heterocycles. The second kappa shape index (κ2) is 7.80. The van der Waals surface area contributed by atoms with E-state index in [-0.39, 0.29) is 0 Å². The fourth-order valence-corrected chi connectivity index (χ4v) is 2.50. The van der Waals surface area contributed by atoms with E-state index in [9.17, 15) is 0 Å². The van der Waals surface area contributed by atoms with E-state index in [1.807, 2.05) is 0 Å². The van der Waals surface area contributed by atoms with E-state index in [4.69, 9.17) is 0 Å². The van der Waals surface area contributed by atoms with Crippen molar-refractivity contribution in [2.24, 2.45) is 5.92 Å². The summed E-state index contributed by atoms with van der Waals surface area (Å²) in [6.07, 6.45) is 0. The maximum Gasteiger partial charge on any atom is 0.0377 e. The average Bonchev–Trinajstić information content (AvgIpc) is 2.34. The molecular formula is C15H25BrN2. The fourth-order valence-electron chi connectivity index (χ4n) is 1.99. The van der Waals surface area contributed by atoms with Gasteiger partial charge in [0.25, 0.3) is 0 Å². The molecule has 1 aromatic carbocycles. The highest BCUT2D eigenvalue weighted by Gasteiger charge is 2.08. The fraction of sp³-hybridized carbons (Fsp3) is 0.600. The first-order chi connectivity index (χ1) is 8.58. The van der Waals surface area contributed by atoms with Crippen LogP contribution in [0, 0.1) is 5.92 Å². The monoisotopic (exact) mass is 312 g/mol. The summed E-state index contributed by atoms with van der Waals surface area (Å²) in [5, 5.41) is 3.36. The molecule has 1 aromatic rings. The van der Waals surface area contributed by atoms with Gasteiger partial charge in [0.15, 0.2) is 0 Å². The smallest absolute Gasteiger partial charge is 0.0377 e. The first kappa shape index (κ1) is 15.5. The van der Waals surface area contributed by atoms with E-state index >= 15 is 0 Å². The standard InChI is InChI=1S/C15H25BrN2/c1-5-17-10-13-7-8-14(9-15(13)16)18(6-2)11-12(3)4/h7-9,12,17H,5-6,10-11H2,1-4H3. The van der Waals surface area contributed by atoms with Gasteiger partial charge in [0, 0.05) is 29.8 Å². The SMILES string of the molecule is CCNCc1ccc(N(CC)CC(C)C)cc1Br. The molecule has 0 aliphatic carbocycles. The number of nitrogens with one attached hydrogen (secondary N) is 1. The zero-order valence-electron chi connectivity index (χ0n) is 12.0. The van der Waals surface area contributed by atoms with Crippen molar-refractivity contribution in [3.63, 3.8) is 0 Å². The summed E-state index contributed by atoms with van der Waals surface area (Å²) in [6.45, 7) is 12.9. The van der Waals surface area contributed by atoms with Gasteiger partial charge in [0.1, 0.15) is 0 Å². The van der Waals surface area contributed by atoms with E-state index < -0.39 is 0 Å². The van der Waals surface area contributed by atoms with E-state index in [1.165, 1.54) is 15.7 Å². The molecule has 102 valence electrons. The Morgan fingerprint density at radius 1 is 1.28 bits per heavy atom. The lowest BCUT2D eigenvalue weighted by Gasteiger charge is -2.25. The van der Waals surface area contributed by atoms with Crippen molar-refractivity contribution in [1.82, 2.24) is 5.32 Å². The van der Waals surface area contributed by atoms with Crippen LogP contribution in [0.2, 0.25) is 0 Å². The predicted molar refractivity (Wildman–Crippen MR) is 84.2 cm³/mol. The van der Waals surface area contributed by atoms with Crippen LogP contribution in [-0.2, 0) is 6.54 Å². The third-order valence-electron chi connectivity index (χ3n) is 2.93. The molecule has 0 fully saturated rings. The lowest BCUT2D eigenvalue weighted by Crippen LogP contribution is -2.27. The van der Waals surface area contributed by atoms with Gasteiger partial charge in [-0.15, -0.1) is 0 Å². The number of anilines is 1. The molecule has 0 atom stereocenters. The lowest BCUT2D eigenvalue weighted by atomic mass is 10.1. The van der Waals surface area contributed by atoms with Gasteiger partial charge in [-0.1, -0.05) is 42.8 Å². The molecule has 0 amide bonds. The topological polar surface area (TPSA) is 15.3 Å². The Kier molecular flexibility index (Phi) is 6.72. The van der Waals surface area contributed by atoms with Crippen molar-refractivity contribution in [3.05, 3.63) is 28.2 Å². The molecule has 0 radical (unpaired) electrons. The van der Waals surface area contributed by atoms with Crippen molar-refractivity contribution in [2.45, 2.75) is 34.2 Å². The van der Waals surface area contributed by atoms with E-state index in [0.29, 0.717) is 5.92 Å². The van der Waals surface area contributed by atoms with E-state index in [2.05, 4.69) is 72.0 Å². The van der Waals surface area contributed by atoms with Gasteiger partial charge in [-0.3, -0.25) is 0 Å². The molecule has 18 heavy (non-hydrogen) atoms. The maximum absolute atomic E-state index is 3.67.